The van der Waals surface area contributed by atoms with Crippen LogP contribution in [0.4, 0.5) is 8.78 Å². The number of carbonyl (C=O) groups is 2. The fourth-order valence-electron chi connectivity index (χ4n) is 4.18. The fraction of sp³-hybridized carbons (Fsp3) is 0.812. The Hall–Kier alpha value is -1.75. The van der Waals surface area contributed by atoms with E-state index in [-0.39, 0.29) is 37.0 Å². The Kier molecular flexibility index (Phi) is 4.47. The molecule has 1 saturated carbocycles. The summed E-state index contributed by atoms with van der Waals surface area (Å²) < 4.78 is 26.2. The number of hydrogen-bond acceptors (Lipinski definition) is 4. The highest BCUT2D eigenvalue weighted by Gasteiger charge is 2.59. The van der Waals surface area contributed by atoms with E-state index in [1.165, 1.54) is 0 Å². The minimum absolute atomic E-state index is 0.0783. The van der Waals surface area contributed by atoms with Crippen LogP contribution in [0.15, 0.2) is 0 Å². The molecule has 2 heterocycles. The van der Waals surface area contributed by atoms with Gasteiger partial charge in [-0.3, -0.25) is 9.59 Å². The van der Waals surface area contributed by atoms with Crippen molar-refractivity contribution < 1.29 is 18.4 Å². The van der Waals surface area contributed by atoms with Crippen LogP contribution in [0.5, 0.6) is 0 Å². The maximum atomic E-state index is 13.1. The molecule has 1 unspecified atom stereocenters. The molecule has 2 saturated heterocycles. The van der Waals surface area contributed by atoms with Gasteiger partial charge in [-0.2, -0.15) is 5.26 Å². The second-order valence-corrected chi connectivity index (χ2v) is 7.40. The van der Waals surface area contributed by atoms with Crippen LogP contribution in [0.25, 0.3) is 0 Å². The summed E-state index contributed by atoms with van der Waals surface area (Å²) in [6, 6.07) is 0.739. The van der Waals surface area contributed by atoms with Crippen molar-refractivity contribution in [3.63, 3.8) is 0 Å². The van der Waals surface area contributed by atoms with Gasteiger partial charge >= 0.3 is 0 Å². The highest BCUT2D eigenvalue weighted by atomic mass is 19.3. The summed E-state index contributed by atoms with van der Waals surface area (Å²) in [5.41, 5.74) is -0.489. The molecule has 132 valence electrons. The van der Waals surface area contributed by atoms with Gasteiger partial charge in [0.25, 0.3) is 0 Å². The number of hydrogen-bond donors (Lipinski definition) is 3. The number of nitrogens with zero attached hydrogens (tertiary/aromatic N) is 1. The molecule has 0 aromatic heterocycles. The zero-order chi connectivity index (χ0) is 17.4. The van der Waals surface area contributed by atoms with E-state index in [2.05, 4.69) is 16.0 Å². The molecule has 0 bridgehead atoms. The fourth-order valence-corrected chi connectivity index (χ4v) is 4.18. The molecule has 0 radical (unpaired) electrons. The van der Waals surface area contributed by atoms with Gasteiger partial charge in [0.2, 0.25) is 17.7 Å². The Morgan fingerprint density at radius 1 is 1.46 bits per heavy atom. The third-order valence-corrected chi connectivity index (χ3v) is 5.34. The number of halogens is 2. The second-order valence-electron chi connectivity index (χ2n) is 7.40. The van der Waals surface area contributed by atoms with Crippen LogP contribution in [0.1, 0.15) is 38.5 Å². The summed E-state index contributed by atoms with van der Waals surface area (Å²) >= 11 is 0. The van der Waals surface area contributed by atoms with E-state index in [0.717, 1.165) is 6.42 Å². The molecule has 0 aromatic carbocycles. The van der Waals surface area contributed by atoms with Gasteiger partial charge in [-0.05, 0) is 31.1 Å². The summed E-state index contributed by atoms with van der Waals surface area (Å²) in [7, 11) is 0. The first kappa shape index (κ1) is 17.1. The van der Waals surface area contributed by atoms with Crippen molar-refractivity contribution in [2.24, 2.45) is 11.3 Å². The topological polar surface area (TPSA) is 94.0 Å². The standard InChI is InChI=1S/C16H22F2N4O2/c17-16(18)7-15(8-16)5-12(21-9-15)14(24)22-11(6-19)4-10-2-1-3-20-13(10)23/h10-12,21H,1-5,7-9H2,(H,20,23)(H,22,24)/t10-,11-,12?/m0/s1. The van der Waals surface area contributed by atoms with Crippen molar-refractivity contribution in [2.45, 2.75) is 56.5 Å². The van der Waals surface area contributed by atoms with Gasteiger partial charge < -0.3 is 16.0 Å². The third-order valence-electron chi connectivity index (χ3n) is 5.34. The lowest BCUT2D eigenvalue weighted by Crippen LogP contribution is -2.48. The first-order chi connectivity index (χ1) is 11.3. The minimum atomic E-state index is -2.61. The molecule has 6 nitrogen and oxygen atoms in total. The van der Waals surface area contributed by atoms with Crippen LogP contribution in [0.2, 0.25) is 0 Å². The average Bonchev–Trinajstić information content (AvgIpc) is 2.92. The molecule has 2 aliphatic heterocycles. The van der Waals surface area contributed by atoms with E-state index >= 15 is 0 Å². The highest BCUT2D eigenvalue weighted by molar-refractivity contribution is 5.83. The molecule has 1 spiro atoms. The highest BCUT2D eigenvalue weighted by Crippen LogP contribution is 2.56. The molecular weight excluding hydrogens is 318 g/mol. The molecular formula is C16H22F2N4O2. The first-order valence-electron chi connectivity index (χ1n) is 8.41. The number of rotatable bonds is 4. The molecule has 3 aliphatic rings. The van der Waals surface area contributed by atoms with Crippen molar-refractivity contribution in [1.82, 2.24) is 16.0 Å². The Bertz CT molecular complexity index is 567. The molecule has 3 N–H and O–H groups in total. The quantitative estimate of drug-likeness (QED) is 0.702. The maximum absolute atomic E-state index is 13.1. The number of amides is 2. The largest absolute Gasteiger partial charge is 0.356 e. The van der Waals surface area contributed by atoms with Gasteiger partial charge in [0.15, 0.2) is 0 Å². The molecule has 3 fully saturated rings. The lowest BCUT2D eigenvalue weighted by atomic mass is 9.65. The predicted molar refractivity (Wildman–Crippen MR) is 80.9 cm³/mol. The summed E-state index contributed by atoms with van der Waals surface area (Å²) in [6.45, 7) is 1.06. The summed E-state index contributed by atoms with van der Waals surface area (Å²) in [5.74, 6) is -3.30. The van der Waals surface area contributed by atoms with Crippen molar-refractivity contribution in [1.29, 1.82) is 5.26 Å². The minimum Gasteiger partial charge on any atom is -0.356 e. The van der Waals surface area contributed by atoms with Gasteiger partial charge in [-0.1, -0.05) is 0 Å². The summed E-state index contributed by atoms with van der Waals surface area (Å²) in [5, 5.41) is 17.7. The maximum Gasteiger partial charge on any atom is 0.249 e. The van der Waals surface area contributed by atoms with Crippen molar-refractivity contribution in [3.8, 4) is 6.07 Å². The van der Waals surface area contributed by atoms with Crippen molar-refractivity contribution in [2.75, 3.05) is 13.1 Å². The van der Waals surface area contributed by atoms with Crippen molar-refractivity contribution >= 4 is 11.8 Å². The molecule has 3 atom stereocenters. The third kappa shape index (κ3) is 3.51. The van der Waals surface area contributed by atoms with Crippen LogP contribution in [-0.4, -0.2) is 42.9 Å². The Balaban J connectivity index is 1.50. The van der Waals surface area contributed by atoms with Gasteiger partial charge in [-0.15, -0.1) is 0 Å². The zero-order valence-electron chi connectivity index (χ0n) is 13.4. The van der Waals surface area contributed by atoms with Crippen LogP contribution in [0, 0.1) is 22.7 Å². The first-order valence-corrected chi connectivity index (χ1v) is 8.41. The normalized spacial score (nSPS) is 31.6. The van der Waals surface area contributed by atoms with E-state index in [0.29, 0.717) is 25.9 Å². The zero-order valence-corrected chi connectivity index (χ0v) is 13.4. The van der Waals surface area contributed by atoms with Crippen LogP contribution >= 0.6 is 0 Å². The molecule has 2 amide bonds. The SMILES string of the molecule is N#C[C@H](C[C@@H]1CCCNC1=O)NC(=O)C1CC2(CN1)CC(F)(F)C2. The second kappa shape index (κ2) is 6.28. The van der Waals surface area contributed by atoms with Gasteiger partial charge in [0.1, 0.15) is 6.04 Å². The lowest BCUT2D eigenvalue weighted by Gasteiger charge is -2.44. The predicted octanol–water partition coefficient (Wildman–Crippen LogP) is 0.688. The summed E-state index contributed by atoms with van der Waals surface area (Å²) in [4.78, 5) is 24.1. The Morgan fingerprint density at radius 2 is 2.21 bits per heavy atom. The average molecular weight is 340 g/mol. The monoisotopic (exact) mass is 340 g/mol. The van der Waals surface area contributed by atoms with E-state index in [4.69, 9.17) is 0 Å². The van der Waals surface area contributed by atoms with Crippen LogP contribution in [0.3, 0.4) is 0 Å². The molecule has 8 heteroatoms. The van der Waals surface area contributed by atoms with Crippen LogP contribution < -0.4 is 16.0 Å². The smallest absolute Gasteiger partial charge is 0.249 e. The Morgan fingerprint density at radius 3 is 2.83 bits per heavy atom. The van der Waals surface area contributed by atoms with E-state index in [9.17, 15) is 23.6 Å². The molecule has 1 aliphatic carbocycles. The summed E-state index contributed by atoms with van der Waals surface area (Å²) in [6.07, 6.45) is 1.87. The number of alkyl halides is 2. The Labute approximate surface area is 139 Å². The number of carbonyl (C=O) groups excluding carboxylic acids is 2. The lowest BCUT2D eigenvalue weighted by molar-refractivity contribution is -0.154. The number of nitrogens with one attached hydrogen (secondary N) is 3. The van der Waals surface area contributed by atoms with Gasteiger partial charge in [-0.25, -0.2) is 8.78 Å². The molecule has 3 rings (SSSR count). The number of nitriles is 1. The van der Waals surface area contributed by atoms with E-state index < -0.39 is 23.4 Å². The van der Waals surface area contributed by atoms with Gasteiger partial charge in [0.05, 0.1) is 12.1 Å². The van der Waals surface area contributed by atoms with E-state index in [1.807, 2.05) is 6.07 Å². The van der Waals surface area contributed by atoms with Crippen LogP contribution in [-0.2, 0) is 9.59 Å². The van der Waals surface area contributed by atoms with E-state index in [1.54, 1.807) is 0 Å². The number of piperidine rings is 1. The van der Waals surface area contributed by atoms with Crippen molar-refractivity contribution in [3.05, 3.63) is 0 Å². The molecule has 24 heavy (non-hydrogen) atoms. The van der Waals surface area contributed by atoms with Gasteiger partial charge in [0, 0.05) is 31.8 Å². The molecule has 0 aromatic rings.